The Kier molecular flexibility index (Phi) is 3.84. The lowest BCUT2D eigenvalue weighted by Crippen LogP contribution is -2.41. The standard InChI is InChI=1S/C24H31BO2/c1-22(2)23(3,4)27-25(26-22)17-12-13-19-18-10-6-7-11-20(18)24(21(19)16-17)14-8-5-9-15-24/h6-7,10-13,16,18,20H,5,8-9,14-15H2,1-4H3. The Morgan fingerprint density at radius 3 is 2.26 bits per heavy atom. The first-order chi connectivity index (χ1) is 12.8. The van der Waals surface area contributed by atoms with E-state index in [0.717, 1.165) is 0 Å². The maximum absolute atomic E-state index is 6.35. The summed E-state index contributed by atoms with van der Waals surface area (Å²) >= 11 is 0. The summed E-state index contributed by atoms with van der Waals surface area (Å²) in [5.41, 5.74) is 4.00. The Bertz CT molecular complexity index is 798. The van der Waals surface area contributed by atoms with Crippen LogP contribution in [-0.4, -0.2) is 18.3 Å². The zero-order chi connectivity index (χ0) is 18.9. The van der Waals surface area contributed by atoms with Crippen LogP contribution in [0.2, 0.25) is 0 Å². The minimum atomic E-state index is -0.293. The average molecular weight is 362 g/mol. The fraction of sp³-hybridized carbons (Fsp3) is 0.583. The van der Waals surface area contributed by atoms with Gasteiger partial charge in [0.15, 0.2) is 0 Å². The fourth-order valence-electron chi connectivity index (χ4n) is 5.82. The van der Waals surface area contributed by atoms with E-state index in [-0.39, 0.29) is 18.3 Å². The first-order valence-electron chi connectivity index (χ1n) is 10.7. The van der Waals surface area contributed by atoms with Crippen molar-refractivity contribution < 1.29 is 9.31 Å². The number of hydrogen-bond acceptors (Lipinski definition) is 2. The third-order valence-electron chi connectivity index (χ3n) is 8.02. The van der Waals surface area contributed by atoms with E-state index in [2.05, 4.69) is 70.2 Å². The molecule has 5 rings (SSSR count). The van der Waals surface area contributed by atoms with Crippen molar-refractivity contribution in [2.75, 3.05) is 0 Å². The number of rotatable bonds is 1. The van der Waals surface area contributed by atoms with Crippen LogP contribution in [0.25, 0.3) is 0 Å². The molecule has 1 aromatic carbocycles. The van der Waals surface area contributed by atoms with Gasteiger partial charge in [0, 0.05) is 11.3 Å². The molecule has 1 spiro atoms. The van der Waals surface area contributed by atoms with Gasteiger partial charge in [-0.3, -0.25) is 0 Å². The molecular formula is C24H31BO2. The highest BCUT2D eigenvalue weighted by Gasteiger charge is 2.54. The van der Waals surface area contributed by atoms with E-state index in [0.29, 0.717) is 17.3 Å². The topological polar surface area (TPSA) is 18.5 Å². The summed E-state index contributed by atoms with van der Waals surface area (Å²) in [5, 5.41) is 0. The Morgan fingerprint density at radius 2 is 1.56 bits per heavy atom. The van der Waals surface area contributed by atoms with Crippen LogP contribution in [0, 0.1) is 5.92 Å². The summed E-state index contributed by atoms with van der Waals surface area (Å²) in [7, 11) is -0.269. The van der Waals surface area contributed by atoms with Gasteiger partial charge in [-0.2, -0.15) is 0 Å². The highest BCUT2D eigenvalue weighted by Crippen LogP contribution is 2.58. The van der Waals surface area contributed by atoms with Gasteiger partial charge in [-0.05, 0) is 63.0 Å². The van der Waals surface area contributed by atoms with Crippen molar-refractivity contribution in [3.63, 3.8) is 0 Å². The SMILES string of the molecule is CC1(C)OB(c2ccc3c(c2)C2(CCCCC2)C2C=CC=CC32)OC1(C)C. The van der Waals surface area contributed by atoms with Crippen LogP contribution in [0.4, 0.5) is 0 Å². The maximum Gasteiger partial charge on any atom is 0.494 e. The van der Waals surface area contributed by atoms with Gasteiger partial charge in [0.05, 0.1) is 11.2 Å². The lowest BCUT2D eigenvalue weighted by atomic mass is 9.63. The predicted octanol–water partition coefficient (Wildman–Crippen LogP) is 5.03. The van der Waals surface area contributed by atoms with Gasteiger partial charge in [0.25, 0.3) is 0 Å². The molecule has 2 atom stereocenters. The highest BCUT2D eigenvalue weighted by atomic mass is 16.7. The second kappa shape index (κ2) is 5.84. The van der Waals surface area contributed by atoms with Crippen molar-refractivity contribution in [2.24, 2.45) is 5.92 Å². The number of hydrogen-bond donors (Lipinski definition) is 0. The first kappa shape index (κ1) is 17.8. The molecule has 4 aliphatic rings. The summed E-state index contributed by atoms with van der Waals surface area (Å²) in [6.07, 6.45) is 16.1. The zero-order valence-corrected chi connectivity index (χ0v) is 17.1. The molecular weight excluding hydrogens is 331 g/mol. The van der Waals surface area contributed by atoms with Crippen molar-refractivity contribution >= 4 is 12.6 Å². The van der Waals surface area contributed by atoms with Gasteiger partial charge in [0.1, 0.15) is 0 Å². The zero-order valence-electron chi connectivity index (χ0n) is 17.1. The van der Waals surface area contributed by atoms with Crippen LogP contribution in [0.5, 0.6) is 0 Å². The normalized spacial score (nSPS) is 31.9. The molecule has 0 N–H and O–H groups in total. The van der Waals surface area contributed by atoms with Gasteiger partial charge in [-0.25, -0.2) is 0 Å². The summed E-state index contributed by atoms with van der Waals surface area (Å²) in [6.45, 7) is 8.53. The second-order valence-electron chi connectivity index (χ2n) is 9.97. The van der Waals surface area contributed by atoms with E-state index in [1.54, 1.807) is 5.56 Å². The number of allylic oxidation sites excluding steroid dienone is 4. The Morgan fingerprint density at radius 1 is 0.889 bits per heavy atom. The summed E-state index contributed by atoms with van der Waals surface area (Å²) < 4.78 is 12.7. The summed E-state index contributed by atoms with van der Waals surface area (Å²) in [6, 6.07) is 7.04. The van der Waals surface area contributed by atoms with E-state index >= 15 is 0 Å². The summed E-state index contributed by atoms with van der Waals surface area (Å²) in [5.74, 6) is 1.15. The Hall–Kier alpha value is -1.32. The fourth-order valence-corrected chi connectivity index (χ4v) is 5.82. The molecule has 1 saturated carbocycles. The van der Waals surface area contributed by atoms with Crippen LogP contribution >= 0.6 is 0 Å². The lowest BCUT2D eigenvalue weighted by Gasteiger charge is -2.40. The molecule has 1 saturated heterocycles. The molecule has 0 aromatic heterocycles. The molecule has 0 radical (unpaired) electrons. The van der Waals surface area contributed by atoms with Gasteiger partial charge in [-0.1, -0.05) is 61.8 Å². The van der Waals surface area contributed by atoms with Crippen LogP contribution in [0.15, 0.2) is 42.5 Å². The quantitative estimate of drug-likeness (QED) is 0.653. The van der Waals surface area contributed by atoms with Crippen LogP contribution in [0.3, 0.4) is 0 Å². The third-order valence-corrected chi connectivity index (χ3v) is 8.02. The second-order valence-corrected chi connectivity index (χ2v) is 9.97. The van der Waals surface area contributed by atoms with E-state index in [1.165, 1.54) is 43.1 Å². The third kappa shape index (κ3) is 2.47. The Labute approximate surface area is 164 Å². The minimum Gasteiger partial charge on any atom is -0.399 e. The predicted molar refractivity (Wildman–Crippen MR) is 111 cm³/mol. The van der Waals surface area contributed by atoms with E-state index in [9.17, 15) is 0 Å². The molecule has 27 heavy (non-hydrogen) atoms. The molecule has 3 aliphatic carbocycles. The molecule has 142 valence electrons. The largest absolute Gasteiger partial charge is 0.494 e. The smallest absolute Gasteiger partial charge is 0.399 e. The maximum atomic E-state index is 6.35. The van der Waals surface area contributed by atoms with Crippen LogP contribution < -0.4 is 5.46 Å². The molecule has 2 unspecified atom stereocenters. The van der Waals surface area contributed by atoms with E-state index in [1.807, 2.05) is 0 Å². The number of benzene rings is 1. The van der Waals surface area contributed by atoms with Gasteiger partial charge in [0.2, 0.25) is 0 Å². The van der Waals surface area contributed by atoms with Gasteiger partial charge < -0.3 is 9.31 Å². The van der Waals surface area contributed by atoms with E-state index < -0.39 is 0 Å². The van der Waals surface area contributed by atoms with E-state index in [4.69, 9.17) is 9.31 Å². The molecule has 0 bridgehead atoms. The van der Waals surface area contributed by atoms with Gasteiger partial charge in [-0.15, -0.1) is 0 Å². The summed E-state index contributed by atoms with van der Waals surface area (Å²) in [4.78, 5) is 0. The molecule has 1 aliphatic heterocycles. The van der Waals surface area contributed by atoms with Crippen molar-refractivity contribution in [1.29, 1.82) is 0 Å². The lowest BCUT2D eigenvalue weighted by molar-refractivity contribution is 0.00578. The van der Waals surface area contributed by atoms with Crippen molar-refractivity contribution in [2.45, 2.75) is 82.3 Å². The molecule has 1 heterocycles. The van der Waals surface area contributed by atoms with Crippen LogP contribution in [-0.2, 0) is 14.7 Å². The molecule has 2 nitrogen and oxygen atoms in total. The molecule has 0 amide bonds. The van der Waals surface area contributed by atoms with Gasteiger partial charge >= 0.3 is 7.12 Å². The van der Waals surface area contributed by atoms with Crippen molar-refractivity contribution in [3.8, 4) is 0 Å². The van der Waals surface area contributed by atoms with Crippen molar-refractivity contribution in [3.05, 3.63) is 53.6 Å². The first-order valence-corrected chi connectivity index (χ1v) is 10.7. The minimum absolute atomic E-state index is 0.269. The number of fused-ring (bicyclic) bond motifs is 5. The molecule has 1 aromatic rings. The Balaban J connectivity index is 1.58. The monoisotopic (exact) mass is 362 g/mol. The van der Waals surface area contributed by atoms with Crippen LogP contribution in [0.1, 0.15) is 76.8 Å². The molecule has 3 heteroatoms. The molecule has 2 fully saturated rings. The van der Waals surface area contributed by atoms with Crippen molar-refractivity contribution in [1.82, 2.24) is 0 Å². The highest BCUT2D eigenvalue weighted by molar-refractivity contribution is 6.62. The average Bonchev–Trinajstić information content (AvgIpc) is 3.04.